The van der Waals surface area contributed by atoms with Crippen LogP contribution in [0.5, 0.6) is 0 Å². The predicted molar refractivity (Wildman–Crippen MR) is 68.6 cm³/mol. The summed E-state index contributed by atoms with van der Waals surface area (Å²) in [6, 6.07) is 6.69. The SMILES string of the molecule is N#Cc1cccc(N2CC3CCCC3C2C(=O)O)n1. The Bertz CT molecular complexity index is 552. The number of carbonyl (C=O) groups is 1. The third-order valence-corrected chi connectivity index (χ3v) is 4.29. The molecule has 3 atom stereocenters. The first kappa shape index (κ1) is 12.0. The van der Waals surface area contributed by atoms with Crippen LogP contribution < -0.4 is 4.90 Å². The number of pyridine rings is 1. The fraction of sp³-hybridized carbons (Fsp3) is 0.500. The van der Waals surface area contributed by atoms with Crippen molar-refractivity contribution in [2.45, 2.75) is 25.3 Å². The van der Waals surface area contributed by atoms with Gasteiger partial charge >= 0.3 is 5.97 Å². The zero-order chi connectivity index (χ0) is 13.4. The number of nitrogens with zero attached hydrogens (tertiary/aromatic N) is 3. The lowest BCUT2D eigenvalue weighted by atomic mass is 9.94. The molecular weight excluding hydrogens is 242 g/mol. The standard InChI is InChI=1S/C14H15N3O2/c15-7-10-4-2-6-12(16-10)17-8-9-3-1-5-11(9)13(17)14(18)19/h2,4,6,9,11,13H,1,3,5,8H2,(H,18,19). The van der Waals surface area contributed by atoms with E-state index in [1.807, 2.05) is 11.0 Å². The highest BCUT2D eigenvalue weighted by Crippen LogP contribution is 2.43. The van der Waals surface area contributed by atoms with E-state index in [9.17, 15) is 9.90 Å². The van der Waals surface area contributed by atoms with Gasteiger partial charge in [0.1, 0.15) is 23.6 Å². The van der Waals surface area contributed by atoms with E-state index in [1.54, 1.807) is 18.2 Å². The van der Waals surface area contributed by atoms with E-state index in [1.165, 1.54) is 0 Å². The van der Waals surface area contributed by atoms with Gasteiger partial charge in [-0.2, -0.15) is 5.26 Å². The third kappa shape index (κ3) is 1.93. The van der Waals surface area contributed by atoms with Crippen molar-refractivity contribution in [1.29, 1.82) is 5.26 Å². The molecule has 0 amide bonds. The number of carboxylic acids is 1. The zero-order valence-corrected chi connectivity index (χ0v) is 10.5. The quantitative estimate of drug-likeness (QED) is 0.871. The summed E-state index contributed by atoms with van der Waals surface area (Å²) in [4.78, 5) is 17.6. The number of nitriles is 1. The van der Waals surface area contributed by atoms with E-state index < -0.39 is 12.0 Å². The van der Waals surface area contributed by atoms with Gasteiger partial charge in [0.15, 0.2) is 0 Å². The Labute approximate surface area is 111 Å². The smallest absolute Gasteiger partial charge is 0.326 e. The number of fused-ring (bicyclic) bond motifs is 1. The van der Waals surface area contributed by atoms with E-state index in [2.05, 4.69) is 4.98 Å². The van der Waals surface area contributed by atoms with Crippen molar-refractivity contribution >= 4 is 11.8 Å². The van der Waals surface area contributed by atoms with E-state index in [0.29, 0.717) is 17.4 Å². The van der Waals surface area contributed by atoms with Gasteiger partial charge in [-0.05, 0) is 36.8 Å². The van der Waals surface area contributed by atoms with Crippen LogP contribution in [-0.4, -0.2) is 28.6 Å². The Morgan fingerprint density at radius 1 is 1.47 bits per heavy atom. The lowest BCUT2D eigenvalue weighted by molar-refractivity contribution is -0.139. The van der Waals surface area contributed by atoms with Crippen LogP contribution in [0.3, 0.4) is 0 Å². The first-order chi connectivity index (χ1) is 9.20. The number of aliphatic carboxylic acids is 1. The number of anilines is 1. The van der Waals surface area contributed by atoms with E-state index in [4.69, 9.17) is 5.26 Å². The van der Waals surface area contributed by atoms with Gasteiger partial charge in [0.05, 0.1) is 0 Å². The van der Waals surface area contributed by atoms with E-state index >= 15 is 0 Å². The molecule has 1 N–H and O–H groups in total. The average molecular weight is 257 g/mol. The molecule has 5 nitrogen and oxygen atoms in total. The topological polar surface area (TPSA) is 77.2 Å². The summed E-state index contributed by atoms with van der Waals surface area (Å²) in [6.07, 6.45) is 3.21. The first-order valence-electron chi connectivity index (χ1n) is 6.57. The van der Waals surface area contributed by atoms with Gasteiger partial charge in [-0.1, -0.05) is 12.5 Å². The number of carboxylic acid groups (broad SMARTS) is 1. The van der Waals surface area contributed by atoms with E-state index in [0.717, 1.165) is 25.8 Å². The number of rotatable bonds is 2. The van der Waals surface area contributed by atoms with Gasteiger partial charge in [-0.25, -0.2) is 9.78 Å². The second kappa shape index (κ2) is 4.54. The van der Waals surface area contributed by atoms with Crippen molar-refractivity contribution in [3.05, 3.63) is 23.9 Å². The Hall–Kier alpha value is -2.09. The van der Waals surface area contributed by atoms with Crippen LogP contribution in [0.1, 0.15) is 25.0 Å². The molecule has 1 aromatic heterocycles. The molecule has 2 heterocycles. The Balaban J connectivity index is 1.95. The van der Waals surface area contributed by atoms with Gasteiger partial charge in [0.2, 0.25) is 0 Å². The van der Waals surface area contributed by atoms with Crippen molar-refractivity contribution in [3.63, 3.8) is 0 Å². The van der Waals surface area contributed by atoms with Crippen molar-refractivity contribution in [2.24, 2.45) is 11.8 Å². The fourth-order valence-corrected chi connectivity index (χ4v) is 3.50. The largest absolute Gasteiger partial charge is 0.480 e. The molecule has 1 aliphatic carbocycles. The summed E-state index contributed by atoms with van der Waals surface area (Å²) in [5, 5.41) is 18.4. The molecule has 3 rings (SSSR count). The van der Waals surface area contributed by atoms with Gasteiger partial charge in [-0.15, -0.1) is 0 Å². The summed E-state index contributed by atoms with van der Waals surface area (Å²) in [7, 11) is 0. The molecule has 5 heteroatoms. The summed E-state index contributed by atoms with van der Waals surface area (Å²) in [5.74, 6) is 0.512. The summed E-state index contributed by atoms with van der Waals surface area (Å²) >= 11 is 0. The van der Waals surface area contributed by atoms with Crippen molar-refractivity contribution in [2.75, 3.05) is 11.4 Å². The highest BCUT2D eigenvalue weighted by Gasteiger charge is 2.48. The predicted octanol–water partition coefficient (Wildman–Crippen LogP) is 1.64. The molecular formula is C14H15N3O2. The maximum absolute atomic E-state index is 11.5. The highest BCUT2D eigenvalue weighted by molar-refractivity contribution is 5.79. The van der Waals surface area contributed by atoms with Crippen LogP contribution in [0.2, 0.25) is 0 Å². The second-order valence-corrected chi connectivity index (χ2v) is 5.28. The van der Waals surface area contributed by atoms with Gasteiger partial charge in [-0.3, -0.25) is 0 Å². The summed E-state index contributed by atoms with van der Waals surface area (Å²) in [5.41, 5.74) is 0.332. The normalized spacial score (nSPS) is 29.0. The van der Waals surface area contributed by atoms with Crippen LogP contribution >= 0.6 is 0 Å². The minimum Gasteiger partial charge on any atom is -0.480 e. The highest BCUT2D eigenvalue weighted by atomic mass is 16.4. The molecule has 1 saturated heterocycles. The minimum absolute atomic E-state index is 0.227. The van der Waals surface area contributed by atoms with E-state index in [-0.39, 0.29) is 5.92 Å². The van der Waals surface area contributed by atoms with Crippen LogP contribution in [0, 0.1) is 23.2 Å². The van der Waals surface area contributed by atoms with Crippen molar-refractivity contribution in [3.8, 4) is 6.07 Å². The molecule has 3 unspecified atom stereocenters. The Morgan fingerprint density at radius 2 is 2.32 bits per heavy atom. The molecule has 0 spiro atoms. The molecule has 1 aromatic rings. The van der Waals surface area contributed by atoms with Crippen LogP contribution in [0.15, 0.2) is 18.2 Å². The fourth-order valence-electron chi connectivity index (χ4n) is 3.50. The first-order valence-corrected chi connectivity index (χ1v) is 6.57. The lowest BCUT2D eigenvalue weighted by Gasteiger charge is -2.25. The minimum atomic E-state index is -0.779. The molecule has 2 aliphatic rings. The van der Waals surface area contributed by atoms with Crippen molar-refractivity contribution in [1.82, 2.24) is 4.98 Å². The second-order valence-electron chi connectivity index (χ2n) is 5.28. The molecule has 0 aromatic carbocycles. The molecule has 1 aliphatic heterocycles. The van der Waals surface area contributed by atoms with Crippen LogP contribution in [0.25, 0.3) is 0 Å². The van der Waals surface area contributed by atoms with Crippen molar-refractivity contribution < 1.29 is 9.90 Å². The summed E-state index contributed by atoms with van der Waals surface area (Å²) < 4.78 is 0. The molecule has 98 valence electrons. The van der Waals surface area contributed by atoms with Crippen LogP contribution in [0.4, 0.5) is 5.82 Å². The number of aromatic nitrogens is 1. The Kier molecular flexibility index (Phi) is 2.86. The third-order valence-electron chi connectivity index (χ3n) is 4.29. The van der Waals surface area contributed by atoms with Crippen LogP contribution in [-0.2, 0) is 4.79 Å². The average Bonchev–Trinajstić information content (AvgIpc) is 2.98. The number of hydrogen-bond acceptors (Lipinski definition) is 4. The number of hydrogen-bond donors (Lipinski definition) is 1. The summed E-state index contributed by atoms with van der Waals surface area (Å²) in [6.45, 7) is 0.740. The van der Waals surface area contributed by atoms with Gasteiger partial charge < -0.3 is 10.0 Å². The van der Waals surface area contributed by atoms with Gasteiger partial charge in [0, 0.05) is 6.54 Å². The van der Waals surface area contributed by atoms with Gasteiger partial charge in [0.25, 0.3) is 0 Å². The molecule has 2 fully saturated rings. The zero-order valence-electron chi connectivity index (χ0n) is 10.5. The maximum Gasteiger partial charge on any atom is 0.326 e. The Morgan fingerprint density at radius 3 is 3.05 bits per heavy atom. The molecule has 19 heavy (non-hydrogen) atoms. The molecule has 1 saturated carbocycles. The molecule has 0 bridgehead atoms. The lowest BCUT2D eigenvalue weighted by Crippen LogP contribution is -2.40. The monoisotopic (exact) mass is 257 g/mol. The molecule has 0 radical (unpaired) electrons. The maximum atomic E-state index is 11.5.